The maximum Gasteiger partial charge on any atom is 0.573 e. The third-order valence-corrected chi connectivity index (χ3v) is 2.07. The summed E-state index contributed by atoms with van der Waals surface area (Å²) < 4.78 is 76.4. The molecule has 0 radical (unpaired) electrons. The Kier molecular flexibility index (Phi) is 3.84. The molecule has 0 aliphatic heterocycles. The number of alkyl halides is 6. The van der Waals surface area contributed by atoms with Gasteiger partial charge in [-0.1, -0.05) is 11.6 Å². The number of halogens is 7. The lowest BCUT2D eigenvalue weighted by atomic mass is 10.1. The minimum atomic E-state index is -5.28. The van der Waals surface area contributed by atoms with Crippen LogP contribution >= 0.6 is 11.6 Å². The molecule has 1 aromatic rings. The summed E-state index contributed by atoms with van der Waals surface area (Å²) in [4.78, 5) is 8.99. The summed E-state index contributed by atoms with van der Waals surface area (Å²) in [6.07, 6.45) is -10.5. The van der Waals surface area contributed by atoms with Crippen molar-refractivity contribution in [2.75, 3.05) is 0 Å². The SMILES string of the molecule is O=[N+]([O-])c1cc(Cl)c(OC(F)(F)F)cc1C(F)(F)F. The van der Waals surface area contributed by atoms with Crippen molar-refractivity contribution < 1.29 is 36.0 Å². The summed E-state index contributed by atoms with van der Waals surface area (Å²) in [5.74, 6) is -1.37. The molecule has 0 amide bonds. The van der Waals surface area contributed by atoms with Crippen LogP contribution in [-0.4, -0.2) is 11.3 Å². The van der Waals surface area contributed by atoms with E-state index in [0.29, 0.717) is 0 Å². The lowest BCUT2D eigenvalue weighted by Crippen LogP contribution is -2.18. The fraction of sp³-hybridized carbons (Fsp3) is 0.250. The van der Waals surface area contributed by atoms with E-state index >= 15 is 0 Å². The quantitative estimate of drug-likeness (QED) is 0.468. The van der Waals surface area contributed by atoms with Gasteiger partial charge in [-0.25, -0.2) is 0 Å². The highest BCUT2D eigenvalue weighted by molar-refractivity contribution is 6.32. The number of ether oxygens (including phenoxy) is 1. The summed E-state index contributed by atoms with van der Waals surface area (Å²) >= 11 is 5.20. The summed E-state index contributed by atoms with van der Waals surface area (Å²) in [7, 11) is 0. The molecule has 106 valence electrons. The van der Waals surface area contributed by atoms with Crippen LogP contribution < -0.4 is 4.74 Å². The first-order valence-electron chi connectivity index (χ1n) is 4.22. The van der Waals surface area contributed by atoms with Crippen molar-refractivity contribution >= 4 is 17.3 Å². The second kappa shape index (κ2) is 4.76. The summed E-state index contributed by atoms with van der Waals surface area (Å²) in [6, 6.07) is -0.0284. The van der Waals surface area contributed by atoms with Crippen molar-refractivity contribution in [1.29, 1.82) is 0 Å². The molecule has 1 rings (SSSR count). The van der Waals surface area contributed by atoms with Crippen molar-refractivity contribution in [3.05, 3.63) is 32.8 Å². The Balaban J connectivity index is 3.43. The van der Waals surface area contributed by atoms with Crippen molar-refractivity contribution in [3.8, 4) is 5.75 Å². The molecular weight excluding hydrogens is 308 g/mol. The van der Waals surface area contributed by atoms with E-state index in [2.05, 4.69) is 4.74 Å². The number of nitrogens with zero attached hydrogens (tertiary/aromatic N) is 1. The highest BCUT2D eigenvalue weighted by Crippen LogP contribution is 2.42. The van der Waals surface area contributed by atoms with Gasteiger partial charge in [-0.15, -0.1) is 13.2 Å². The molecule has 0 N–H and O–H groups in total. The van der Waals surface area contributed by atoms with Gasteiger partial charge in [0.15, 0.2) is 0 Å². The Hall–Kier alpha value is -1.71. The average molecular weight is 310 g/mol. The van der Waals surface area contributed by atoms with E-state index in [1.54, 1.807) is 0 Å². The Morgan fingerprint density at radius 1 is 1.16 bits per heavy atom. The topological polar surface area (TPSA) is 52.4 Å². The standard InChI is InChI=1S/C8H2ClF6NO3/c9-4-2-5(16(17)18)3(7(10,11)12)1-6(4)19-8(13,14)15/h1-2H. The third kappa shape index (κ3) is 3.88. The minimum absolute atomic E-state index is 0.144. The van der Waals surface area contributed by atoms with Gasteiger partial charge in [0, 0.05) is 12.1 Å². The van der Waals surface area contributed by atoms with E-state index in [1.807, 2.05) is 0 Å². The number of nitro benzene ring substituents is 1. The van der Waals surface area contributed by atoms with Crippen LogP contribution in [0.4, 0.5) is 32.0 Å². The molecule has 0 unspecified atom stereocenters. The molecule has 0 aliphatic rings. The van der Waals surface area contributed by atoms with E-state index < -0.39 is 39.5 Å². The number of rotatable bonds is 2. The van der Waals surface area contributed by atoms with Crippen molar-refractivity contribution in [1.82, 2.24) is 0 Å². The van der Waals surface area contributed by atoms with Gasteiger partial charge in [0.2, 0.25) is 0 Å². The van der Waals surface area contributed by atoms with E-state index in [1.165, 1.54) is 0 Å². The normalized spacial score (nSPS) is 12.4. The Morgan fingerprint density at radius 2 is 1.68 bits per heavy atom. The molecular formula is C8H2ClF6NO3. The average Bonchev–Trinajstić information content (AvgIpc) is 2.16. The largest absolute Gasteiger partial charge is 0.573 e. The van der Waals surface area contributed by atoms with E-state index in [0.717, 1.165) is 0 Å². The van der Waals surface area contributed by atoms with Gasteiger partial charge < -0.3 is 4.74 Å². The molecule has 0 saturated carbocycles. The van der Waals surface area contributed by atoms with Crippen molar-refractivity contribution in [3.63, 3.8) is 0 Å². The molecule has 0 bridgehead atoms. The first kappa shape index (κ1) is 15.3. The predicted molar refractivity (Wildman–Crippen MR) is 49.8 cm³/mol. The van der Waals surface area contributed by atoms with Crippen molar-refractivity contribution in [2.45, 2.75) is 12.5 Å². The number of nitro groups is 1. The molecule has 0 aromatic heterocycles. The molecule has 0 saturated heterocycles. The second-order valence-electron chi connectivity index (χ2n) is 3.10. The van der Waals surface area contributed by atoms with Crippen molar-refractivity contribution in [2.24, 2.45) is 0 Å². The number of benzene rings is 1. The Morgan fingerprint density at radius 3 is 2.05 bits per heavy atom. The van der Waals surface area contributed by atoms with Gasteiger partial charge in [-0.3, -0.25) is 10.1 Å². The van der Waals surface area contributed by atoms with Gasteiger partial charge in [-0.05, 0) is 0 Å². The van der Waals surface area contributed by atoms with E-state index in [9.17, 15) is 36.5 Å². The zero-order chi connectivity index (χ0) is 15.0. The summed E-state index contributed by atoms with van der Waals surface area (Å²) in [6.45, 7) is 0. The predicted octanol–water partition coefficient (Wildman–Crippen LogP) is 4.17. The minimum Gasteiger partial charge on any atom is -0.404 e. The first-order chi connectivity index (χ1) is 8.42. The van der Waals surface area contributed by atoms with E-state index in [4.69, 9.17) is 11.6 Å². The van der Waals surface area contributed by atoms with Crippen LogP contribution in [0.2, 0.25) is 5.02 Å². The third-order valence-electron chi connectivity index (χ3n) is 1.78. The van der Waals surface area contributed by atoms with Gasteiger partial charge in [0.1, 0.15) is 11.3 Å². The molecule has 1 aromatic carbocycles. The Labute approximate surface area is 105 Å². The maximum atomic E-state index is 12.5. The van der Waals surface area contributed by atoms with Crippen LogP contribution in [0.3, 0.4) is 0 Å². The van der Waals surface area contributed by atoms with Crippen LogP contribution in [0, 0.1) is 10.1 Å². The second-order valence-corrected chi connectivity index (χ2v) is 3.51. The lowest BCUT2D eigenvalue weighted by Gasteiger charge is -2.13. The molecule has 4 nitrogen and oxygen atoms in total. The number of hydrogen-bond donors (Lipinski definition) is 0. The molecule has 0 fully saturated rings. The molecule has 0 heterocycles. The monoisotopic (exact) mass is 309 g/mol. The molecule has 0 aliphatic carbocycles. The zero-order valence-corrected chi connectivity index (χ0v) is 9.23. The summed E-state index contributed by atoms with van der Waals surface area (Å²) in [5, 5.41) is 9.44. The fourth-order valence-corrected chi connectivity index (χ4v) is 1.32. The highest BCUT2D eigenvalue weighted by Gasteiger charge is 2.41. The fourth-order valence-electron chi connectivity index (χ4n) is 1.12. The zero-order valence-electron chi connectivity index (χ0n) is 8.47. The van der Waals surface area contributed by atoms with Crippen LogP contribution in [0.1, 0.15) is 5.56 Å². The van der Waals surface area contributed by atoms with Gasteiger partial charge in [0.25, 0.3) is 5.69 Å². The van der Waals surface area contributed by atoms with Crippen LogP contribution in [-0.2, 0) is 6.18 Å². The molecule has 11 heteroatoms. The highest BCUT2D eigenvalue weighted by atomic mass is 35.5. The van der Waals surface area contributed by atoms with E-state index in [-0.39, 0.29) is 12.1 Å². The number of hydrogen-bond acceptors (Lipinski definition) is 3. The Bertz CT molecular complexity index is 512. The molecule has 0 spiro atoms. The van der Waals surface area contributed by atoms with Crippen LogP contribution in [0.5, 0.6) is 5.75 Å². The smallest absolute Gasteiger partial charge is 0.404 e. The molecule has 19 heavy (non-hydrogen) atoms. The van der Waals surface area contributed by atoms with Crippen LogP contribution in [0.15, 0.2) is 12.1 Å². The first-order valence-corrected chi connectivity index (χ1v) is 4.60. The maximum absolute atomic E-state index is 12.5. The van der Waals surface area contributed by atoms with Crippen LogP contribution in [0.25, 0.3) is 0 Å². The van der Waals surface area contributed by atoms with Gasteiger partial charge in [-0.2, -0.15) is 13.2 Å². The summed E-state index contributed by atoms with van der Waals surface area (Å²) in [5.41, 5.74) is -3.35. The molecule has 0 atom stereocenters. The van der Waals surface area contributed by atoms with Gasteiger partial charge in [0.05, 0.1) is 9.95 Å². The lowest BCUT2D eigenvalue weighted by molar-refractivity contribution is -0.388. The van der Waals surface area contributed by atoms with Gasteiger partial charge >= 0.3 is 12.5 Å².